The van der Waals surface area contributed by atoms with Crippen molar-refractivity contribution in [2.45, 2.75) is 19.3 Å². The second kappa shape index (κ2) is 6.33. The van der Waals surface area contributed by atoms with Crippen LogP contribution in [-0.2, 0) is 12.4 Å². The van der Waals surface area contributed by atoms with Crippen LogP contribution in [0.1, 0.15) is 16.8 Å². The smallest absolute Gasteiger partial charge is 0.383 e. The first-order valence-electron chi connectivity index (χ1n) is 7.69. The molecule has 0 aliphatic carbocycles. The summed E-state index contributed by atoms with van der Waals surface area (Å²) in [6, 6.07) is 9.92. The van der Waals surface area contributed by atoms with Crippen LogP contribution >= 0.6 is 0 Å². The van der Waals surface area contributed by atoms with Crippen molar-refractivity contribution in [3.8, 4) is 16.8 Å². The summed E-state index contributed by atoms with van der Waals surface area (Å²) in [6.07, 6.45) is -9.48. The predicted octanol–water partition coefficient (Wildman–Crippen LogP) is 5.47. The molecule has 0 spiro atoms. The van der Waals surface area contributed by atoms with Crippen molar-refractivity contribution in [3.63, 3.8) is 0 Å². The van der Waals surface area contributed by atoms with Crippen molar-refractivity contribution in [3.05, 3.63) is 65.4 Å². The summed E-state index contributed by atoms with van der Waals surface area (Å²) in [4.78, 5) is 0. The quantitative estimate of drug-likeness (QED) is 0.595. The van der Waals surface area contributed by atoms with E-state index in [2.05, 4.69) is 5.10 Å². The van der Waals surface area contributed by atoms with Gasteiger partial charge in [0.2, 0.25) is 0 Å². The molecule has 0 bridgehead atoms. The minimum absolute atomic E-state index is 0.170. The van der Waals surface area contributed by atoms with E-state index in [1.165, 1.54) is 18.2 Å². The summed E-state index contributed by atoms with van der Waals surface area (Å²) in [7, 11) is 0. The van der Waals surface area contributed by atoms with E-state index in [9.17, 15) is 26.3 Å². The van der Waals surface area contributed by atoms with Gasteiger partial charge >= 0.3 is 12.4 Å². The van der Waals surface area contributed by atoms with Crippen molar-refractivity contribution >= 4 is 5.82 Å². The van der Waals surface area contributed by atoms with Crippen LogP contribution in [0.3, 0.4) is 0 Å². The van der Waals surface area contributed by atoms with Gasteiger partial charge < -0.3 is 5.73 Å². The van der Waals surface area contributed by atoms with E-state index < -0.39 is 29.4 Å². The number of aryl methyl sites for hydroxylation is 1. The largest absolute Gasteiger partial charge is 0.435 e. The zero-order chi connectivity index (χ0) is 20.0. The van der Waals surface area contributed by atoms with Crippen LogP contribution in [0.4, 0.5) is 32.2 Å². The molecule has 3 aromatic rings. The standard InChI is InChI=1S/C18H13F6N3/c1-10-5-7-11(8-6-10)14-15(18(22,23)24)26-27(16(14)25)13-4-2-3-12(9-13)17(19,20)21/h2-9H,25H2,1H3. The lowest BCUT2D eigenvalue weighted by Crippen LogP contribution is -2.09. The molecular weight excluding hydrogens is 372 g/mol. The van der Waals surface area contributed by atoms with Gasteiger partial charge in [-0.15, -0.1) is 0 Å². The Morgan fingerprint density at radius 3 is 2.07 bits per heavy atom. The Hall–Kier alpha value is -2.97. The van der Waals surface area contributed by atoms with Crippen molar-refractivity contribution in [1.29, 1.82) is 0 Å². The molecule has 0 aliphatic heterocycles. The van der Waals surface area contributed by atoms with Crippen LogP contribution in [0.2, 0.25) is 0 Å². The molecule has 2 N–H and O–H groups in total. The fraction of sp³-hybridized carbons (Fsp3) is 0.167. The SMILES string of the molecule is Cc1ccc(-c2c(C(F)(F)F)nn(-c3cccc(C(F)(F)F)c3)c2N)cc1. The average Bonchev–Trinajstić information content (AvgIpc) is 2.93. The molecule has 9 heteroatoms. The third-order valence-electron chi connectivity index (χ3n) is 3.95. The highest BCUT2D eigenvalue weighted by molar-refractivity contribution is 5.78. The van der Waals surface area contributed by atoms with Crippen molar-refractivity contribution in [2.75, 3.05) is 5.73 Å². The Morgan fingerprint density at radius 2 is 1.52 bits per heavy atom. The van der Waals surface area contributed by atoms with Crippen LogP contribution in [0.15, 0.2) is 48.5 Å². The van der Waals surface area contributed by atoms with Gasteiger partial charge in [0.25, 0.3) is 0 Å². The van der Waals surface area contributed by atoms with Gasteiger partial charge in [0.15, 0.2) is 5.69 Å². The molecule has 2 aromatic carbocycles. The molecule has 0 unspecified atom stereocenters. The van der Waals surface area contributed by atoms with Crippen LogP contribution in [0.25, 0.3) is 16.8 Å². The summed E-state index contributed by atoms with van der Waals surface area (Å²) in [5.41, 5.74) is 4.01. The molecule has 0 saturated heterocycles. The summed E-state index contributed by atoms with van der Waals surface area (Å²) in [5.74, 6) is -0.398. The number of alkyl halides is 6. The second-order valence-corrected chi connectivity index (χ2v) is 5.93. The highest BCUT2D eigenvalue weighted by Gasteiger charge is 2.40. The molecule has 1 aromatic heterocycles. The topological polar surface area (TPSA) is 43.8 Å². The number of nitrogens with zero attached hydrogens (tertiary/aromatic N) is 2. The highest BCUT2D eigenvalue weighted by Crippen LogP contribution is 2.41. The fourth-order valence-electron chi connectivity index (χ4n) is 2.65. The molecule has 0 atom stereocenters. The maximum atomic E-state index is 13.5. The van der Waals surface area contributed by atoms with E-state index in [4.69, 9.17) is 5.73 Å². The maximum Gasteiger partial charge on any atom is 0.435 e. The number of hydrogen-bond acceptors (Lipinski definition) is 2. The van der Waals surface area contributed by atoms with Crippen molar-refractivity contribution < 1.29 is 26.3 Å². The minimum Gasteiger partial charge on any atom is -0.383 e. The van der Waals surface area contributed by atoms with Gasteiger partial charge in [0.1, 0.15) is 5.82 Å². The van der Waals surface area contributed by atoms with Crippen LogP contribution < -0.4 is 5.73 Å². The Morgan fingerprint density at radius 1 is 0.889 bits per heavy atom. The lowest BCUT2D eigenvalue weighted by Gasteiger charge is -2.10. The summed E-state index contributed by atoms with van der Waals surface area (Å²) >= 11 is 0. The second-order valence-electron chi connectivity index (χ2n) is 5.93. The Labute approximate surface area is 150 Å². The normalized spacial score (nSPS) is 12.4. The highest BCUT2D eigenvalue weighted by atomic mass is 19.4. The molecule has 1 heterocycles. The average molecular weight is 385 g/mol. The number of anilines is 1. The first kappa shape index (κ1) is 18.8. The Kier molecular flexibility index (Phi) is 4.41. The summed E-state index contributed by atoms with van der Waals surface area (Å²) < 4.78 is 79.9. The minimum atomic E-state index is -4.83. The van der Waals surface area contributed by atoms with Crippen LogP contribution in [-0.4, -0.2) is 9.78 Å². The first-order chi connectivity index (χ1) is 12.5. The number of rotatable bonds is 2. The van der Waals surface area contributed by atoms with Gasteiger partial charge in [-0.3, -0.25) is 0 Å². The first-order valence-corrected chi connectivity index (χ1v) is 7.69. The molecule has 0 radical (unpaired) electrons. The lowest BCUT2D eigenvalue weighted by molar-refractivity contribution is -0.141. The third kappa shape index (κ3) is 3.62. The van der Waals surface area contributed by atoms with Gasteiger partial charge in [-0.1, -0.05) is 35.9 Å². The van der Waals surface area contributed by atoms with E-state index in [0.29, 0.717) is 10.7 Å². The van der Waals surface area contributed by atoms with E-state index in [-0.39, 0.29) is 16.8 Å². The van der Waals surface area contributed by atoms with E-state index >= 15 is 0 Å². The third-order valence-corrected chi connectivity index (χ3v) is 3.95. The zero-order valence-electron chi connectivity index (χ0n) is 13.9. The van der Waals surface area contributed by atoms with Gasteiger partial charge in [-0.05, 0) is 30.7 Å². The molecule has 0 saturated carbocycles. The molecule has 0 aliphatic rings. The van der Waals surface area contributed by atoms with Gasteiger partial charge in [-0.25, -0.2) is 4.68 Å². The van der Waals surface area contributed by atoms with Gasteiger partial charge in [0.05, 0.1) is 16.8 Å². The lowest BCUT2D eigenvalue weighted by atomic mass is 10.0. The number of benzene rings is 2. The fourth-order valence-corrected chi connectivity index (χ4v) is 2.65. The summed E-state index contributed by atoms with van der Waals surface area (Å²) in [5, 5.41) is 3.47. The van der Waals surface area contributed by atoms with E-state index in [1.807, 2.05) is 0 Å². The molecular formula is C18H13F6N3. The monoisotopic (exact) mass is 385 g/mol. The van der Waals surface area contributed by atoms with Gasteiger partial charge in [0, 0.05) is 0 Å². The Balaban J connectivity index is 2.23. The van der Waals surface area contributed by atoms with Crippen LogP contribution in [0, 0.1) is 6.92 Å². The van der Waals surface area contributed by atoms with Gasteiger partial charge in [-0.2, -0.15) is 31.4 Å². The number of aromatic nitrogens is 2. The van der Waals surface area contributed by atoms with E-state index in [1.54, 1.807) is 19.1 Å². The van der Waals surface area contributed by atoms with Crippen LogP contribution in [0.5, 0.6) is 0 Å². The maximum absolute atomic E-state index is 13.5. The van der Waals surface area contributed by atoms with Crippen molar-refractivity contribution in [2.24, 2.45) is 0 Å². The molecule has 0 fully saturated rings. The number of hydrogen-bond donors (Lipinski definition) is 1. The predicted molar refractivity (Wildman–Crippen MR) is 88.2 cm³/mol. The molecule has 142 valence electrons. The number of halogens is 6. The summed E-state index contributed by atoms with van der Waals surface area (Å²) in [6.45, 7) is 1.77. The van der Waals surface area contributed by atoms with E-state index in [0.717, 1.165) is 17.7 Å². The number of nitrogens with two attached hydrogens (primary N) is 1. The molecule has 0 amide bonds. The molecule has 3 rings (SSSR count). The molecule has 27 heavy (non-hydrogen) atoms. The molecule has 3 nitrogen and oxygen atoms in total. The zero-order valence-corrected chi connectivity index (χ0v) is 13.9. The Bertz CT molecular complexity index is 968. The van der Waals surface area contributed by atoms with Crippen molar-refractivity contribution in [1.82, 2.24) is 9.78 Å². The number of nitrogen functional groups attached to an aromatic ring is 1.